The molecular formula is C13H12ClN3O. The zero-order valence-electron chi connectivity index (χ0n) is 9.61. The Kier molecular flexibility index (Phi) is 3.85. The van der Waals surface area contributed by atoms with E-state index in [1.54, 1.807) is 24.3 Å². The highest BCUT2D eigenvalue weighted by Crippen LogP contribution is 2.19. The minimum Gasteiger partial charge on any atom is -0.387 e. The summed E-state index contributed by atoms with van der Waals surface area (Å²) < 4.78 is 0. The van der Waals surface area contributed by atoms with Gasteiger partial charge in [-0.1, -0.05) is 17.7 Å². The molecule has 0 unspecified atom stereocenters. The summed E-state index contributed by atoms with van der Waals surface area (Å²) in [7, 11) is 0. The predicted octanol–water partition coefficient (Wildman–Crippen LogP) is 2.44. The minimum atomic E-state index is -0.437. The van der Waals surface area contributed by atoms with E-state index in [0.29, 0.717) is 16.8 Å². The third kappa shape index (κ3) is 3.51. The molecule has 0 saturated heterocycles. The molecule has 18 heavy (non-hydrogen) atoms. The maximum Gasteiger partial charge on any atom is 0.267 e. The van der Waals surface area contributed by atoms with Crippen molar-refractivity contribution in [1.82, 2.24) is 5.32 Å². The molecule has 2 N–H and O–H groups in total. The fraction of sp³-hybridized carbons (Fsp3) is 0.231. The lowest BCUT2D eigenvalue weighted by molar-refractivity contribution is -0.112. The van der Waals surface area contributed by atoms with Crippen LogP contribution in [0.4, 0.5) is 5.69 Å². The van der Waals surface area contributed by atoms with Crippen molar-refractivity contribution in [2.45, 2.75) is 18.9 Å². The number of rotatable bonds is 4. The molecule has 1 aromatic rings. The van der Waals surface area contributed by atoms with Gasteiger partial charge in [0.05, 0.1) is 0 Å². The number of carbonyl (C=O) groups is 1. The van der Waals surface area contributed by atoms with Gasteiger partial charge in [0.15, 0.2) is 0 Å². The van der Waals surface area contributed by atoms with Gasteiger partial charge in [-0.25, -0.2) is 0 Å². The Morgan fingerprint density at radius 2 is 2.28 bits per heavy atom. The summed E-state index contributed by atoms with van der Waals surface area (Å²) >= 11 is 5.81. The molecule has 1 aliphatic rings. The van der Waals surface area contributed by atoms with Crippen molar-refractivity contribution < 1.29 is 4.79 Å². The van der Waals surface area contributed by atoms with Crippen LogP contribution in [0.5, 0.6) is 0 Å². The summed E-state index contributed by atoms with van der Waals surface area (Å²) in [5.74, 6) is -0.437. The molecule has 1 aliphatic carbocycles. The number of anilines is 1. The second kappa shape index (κ2) is 5.56. The van der Waals surface area contributed by atoms with Crippen LogP contribution in [-0.4, -0.2) is 11.9 Å². The smallest absolute Gasteiger partial charge is 0.267 e. The van der Waals surface area contributed by atoms with E-state index in [-0.39, 0.29) is 5.57 Å². The highest BCUT2D eigenvalue weighted by atomic mass is 35.5. The van der Waals surface area contributed by atoms with E-state index in [4.69, 9.17) is 16.9 Å². The molecule has 0 spiro atoms. The summed E-state index contributed by atoms with van der Waals surface area (Å²) in [5, 5.41) is 15.1. The van der Waals surface area contributed by atoms with E-state index in [2.05, 4.69) is 10.6 Å². The largest absolute Gasteiger partial charge is 0.387 e. The van der Waals surface area contributed by atoms with Crippen LogP contribution in [0.15, 0.2) is 36.0 Å². The summed E-state index contributed by atoms with van der Waals surface area (Å²) in [4.78, 5) is 11.8. The van der Waals surface area contributed by atoms with Crippen LogP contribution in [0.1, 0.15) is 12.8 Å². The first kappa shape index (κ1) is 12.5. The van der Waals surface area contributed by atoms with Gasteiger partial charge in [-0.2, -0.15) is 5.26 Å². The van der Waals surface area contributed by atoms with Crippen LogP contribution in [0.25, 0.3) is 0 Å². The maximum atomic E-state index is 11.8. The Morgan fingerprint density at radius 3 is 2.89 bits per heavy atom. The van der Waals surface area contributed by atoms with E-state index >= 15 is 0 Å². The molecule has 5 heteroatoms. The molecule has 0 aliphatic heterocycles. The molecular weight excluding hydrogens is 250 g/mol. The molecule has 0 aromatic heterocycles. The van der Waals surface area contributed by atoms with Crippen molar-refractivity contribution in [1.29, 1.82) is 5.26 Å². The Hall–Kier alpha value is -1.99. The summed E-state index contributed by atoms with van der Waals surface area (Å²) in [6.07, 6.45) is 3.65. The monoisotopic (exact) mass is 261 g/mol. The van der Waals surface area contributed by atoms with Crippen LogP contribution in [-0.2, 0) is 4.79 Å². The lowest BCUT2D eigenvalue weighted by Gasteiger charge is -2.04. The van der Waals surface area contributed by atoms with Crippen molar-refractivity contribution >= 4 is 23.2 Å². The second-order valence-corrected chi connectivity index (χ2v) is 4.51. The van der Waals surface area contributed by atoms with Crippen molar-refractivity contribution in [2.24, 2.45) is 0 Å². The fourth-order valence-corrected chi connectivity index (χ4v) is 1.55. The second-order valence-electron chi connectivity index (χ2n) is 4.08. The maximum absolute atomic E-state index is 11.8. The van der Waals surface area contributed by atoms with E-state index < -0.39 is 5.91 Å². The third-order valence-corrected chi connectivity index (χ3v) is 2.72. The van der Waals surface area contributed by atoms with Crippen LogP contribution in [0, 0.1) is 11.3 Å². The first-order valence-corrected chi connectivity index (χ1v) is 6.00. The Bertz CT molecular complexity index is 529. The van der Waals surface area contributed by atoms with Crippen molar-refractivity contribution in [2.75, 3.05) is 5.32 Å². The number of nitrogens with one attached hydrogen (secondary N) is 2. The summed E-state index contributed by atoms with van der Waals surface area (Å²) in [6, 6.07) is 9.07. The summed E-state index contributed by atoms with van der Waals surface area (Å²) in [6.45, 7) is 0. The van der Waals surface area contributed by atoms with E-state index in [9.17, 15) is 4.79 Å². The third-order valence-electron chi connectivity index (χ3n) is 2.49. The molecule has 92 valence electrons. The number of nitrogens with zero attached hydrogens (tertiary/aromatic N) is 1. The first-order valence-electron chi connectivity index (χ1n) is 5.62. The number of nitriles is 1. The SMILES string of the molecule is N#C/C(=C/NC1CC1)C(=O)Nc1cccc(Cl)c1. The lowest BCUT2D eigenvalue weighted by atomic mass is 10.2. The van der Waals surface area contributed by atoms with Crippen LogP contribution in [0.2, 0.25) is 5.02 Å². The average Bonchev–Trinajstić information content (AvgIpc) is 3.14. The van der Waals surface area contributed by atoms with Crippen LogP contribution >= 0.6 is 11.6 Å². The van der Waals surface area contributed by atoms with Gasteiger partial charge in [0.1, 0.15) is 11.6 Å². The molecule has 0 heterocycles. The Balaban J connectivity index is 2.01. The van der Waals surface area contributed by atoms with Gasteiger partial charge in [0.25, 0.3) is 5.91 Å². The molecule has 0 atom stereocenters. The van der Waals surface area contributed by atoms with E-state index in [1.807, 2.05) is 6.07 Å². The fourth-order valence-electron chi connectivity index (χ4n) is 1.36. The van der Waals surface area contributed by atoms with Gasteiger partial charge in [-0.15, -0.1) is 0 Å². The molecule has 0 radical (unpaired) electrons. The normalized spacial score (nSPS) is 14.8. The highest BCUT2D eigenvalue weighted by Gasteiger charge is 2.20. The number of halogens is 1. The minimum absolute atomic E-state index is 0.0573. The zero-order valence-corrected chi connectivity index (χ0v) is 10.4. The molecule has 2 rings (SSSR count). The Morgan fingerprint density at radius 1 is 1.50 bits per heavy atom. The first-order chi connectivity index (χ1) is 8.69. The molecule has 1 amide bonds. The van der Waals surface area contributed by atoms with Gasteiger partial charge in [0.2, 0.25) is 0 Å². The topological polar surface area (TPSA) is 64.9 Å². The zero-order chi connectivity index (χ0) is 13.0. The van der Waals surface area contributed by atoms with Crippen molar-refractivity contribution in [3.63, 3.8) is 0 Å². The standard InChI is InChI=1S/C13H12ClN3O/c14-10-2-1-3-12(6-10)17-13(18)9(7-15)8-16-11-4-5-11/h1-3,6,8,11,16H,4-5H2,(H,17,18)/b9-8-. The number of benzene rings is 1. The van der Waals surface area contributed by atoms with Crippen LogP contribution in [0.3, 0.4) is 0 Å². The van der Waals surface area contributed by atoms with Gasteiger partial charge < -0.3 is 10.6 Å². The molecule has 0 bridgehead atoms. The average molecular weight is 262 g/mol. The van der Waals surface area contributed by atoms with Gasteiger partial charge in [-0.3, -0.25) is 4.79 Å². The Labute approximate surface area is 110 Å². The lowest BCUT2D eigenvalue weighted by Crippen LogP contribution is -2.17. The van der Waals surface area contributed by atoms with Crippen molar-refractivity contribution in [3.8, 4) is 6.07 Å². The number of carbonyl (C=O) groups excluding carboxylic acids is 1. The van der Waals surface area contributed by atoms with Gasteiger partial charge in [0, 0.05) is 23.0 Å². The molecule has 1 aromatic carbocycles. The quantitative estimate of drug-likeness (QED) is 0.646. The van der Waals surface area contributed by atoms with E-state index in [1.165, 1.54) is 6.20 Å². The molecule has 1 saturated carbocycles. The molecule has 4 nitrogen and oxygen atoms in total. The molecule has 1 fully saturated rings. The van der Waals surface area contributed by atoms with E-state index in [0.717, 1.165) is 12.8 Å². The van der Waals surface area contributed by atoms with Crippen LogP contribution < -0.4 is 10.6 Å². The highest BCUT2D eigenvalue weighted by molar-refractivity contribution is 6.31. The van der Waals surface area contributed by atoms with Crippen molar-refractivity contribution in [3.05, 3.63) is 41.1 Å². The van der Waals surface area contributed by atoms with Gasteiger partial charge in [-0.05, 0) is 31.0 Å². The van der Waals surface area contributed by atoms with Gasteiger partial charge >= 0.3 is 0 Å². The number of hydrogen-bond acceptors (Lipinski definition) is 3. The number of hydrogen-bond donors (Lipinski definition) is 2. The summed E-state index contributed by atoms with van der Waals surface area (Å²) in [5.41, 5.74) is 0.627. The predicted molar refractivity (Wildman–Crippen MR) is 69.9 cm³/mol. The number of amides is 1.